The normalized spacial score (nSPS) is 19.8. The van der Waals surface area contributed by atoms with E-state index in [0.29, 0.717) is 19.3 Å². The zero-order chi connectivity index (χ0) is 87.7. The maximum Gasteiger partial charge on any atom is 0.483 e. The fourth-order valence-electron chi connectivity index (χ4n) is 12.2. The minimum Gasteiger partial charge on any atom is -0.481 e. The molecule has 0 radical (unpaired) electrons. The van der Waals surface area contributed by atoms with Gasteiger partial charge in [0.2, 0.25) is 35.4 Å². The van der Waals surface area contributed by atoms with Crippen molar-refractivity contribution >= 4 is 63.0 Å². The number of aliphatic hydroxyl groups excluding tert-OH is 2. The van der Waals surface area contributed by atoms with Crippen molar-refractivity contribution in [1.29, 1.82) is 0 Å². The van der Waals surface area contributed by atoms with Crippen LogP contribution in [0.4, 0.5) is 0 Å². The summed E-state index contributed by atoms with van der Waals surface area (Å²) in [5.74, 6) is -8.48. The van der Waals surface area contributed by atoms with Crippen molar-refractivity contribution in [3.63, 3.8) is 0 Å². The van der Waals surface area contributed by atoms with Gasteiger partial charge in [0, 0.05) is 13.3 Å². The van der Waals surface area contributed by atoms with Crippen LogP contribution in [0.15, 0.2) is 128 Å². The van der Waals surface area contributed by atoms with Crippen LogP contribution in [0.1, 0.15) is 278 Å². The molecular weight excluding hydrogens is 1530 g/mol. The topological polar surface area (TPSA) is 436 Å². The Hall–Kier alpha value is -7.04. The monoisotopic (exact) mass is 1670 g/mol. The molecule has 1 rings (SSSR count). The van der Waals surface area contributed by atoms with E-state index in [1.54, 1.807) is 6.92 Å². The van der Waals surface area contributed by atoms with E-state index < -0.39 is 156 Å². The zero-order valence-corrected chi connectivity index (χ0v) is 74.1. The maximum absolute atomic E-state index is 13.7. The number of carbonyl (C=O) groups is 8. The molecule has 13 atom stereocenters. The Morgan fingerprint density at radius 3 is 1.16 bits per heavy atom. The molecule has 0 aromatic rings. The smallest absolute Gasteiger partial charge is 0.481 e. The van der Waals surface area contributed by atoms with Crippen LogP contribution in [0.5, 0.6) is 0 Å². The average molecular weight is 1670 g/mol. The van der Waals surface area contributed by atoms with Crippen molar-refractivity contribution in [2.45, 2.75) is 345 Å². The Labute approximate surface area is 691 Å². The van der Waals surface area contributed by atoms with Crippen molar-refractivity contribution in [2.75, 3.05) is 19.8 Å². The van der Waals surface area contributed by atoms with E-state index in [4.69, 9.17) is 24.3 Å². The molecule has 0 spiro atoms. The molecule has 1 saturated heterocycles. The first-order valence-corrected chi connectivity index (χ1v) is 43.9. The number of allylic oxidation sites excluding steroid dienone is 21. The van der Waals surface area contributed by atoms with Crippen LogP contribution in [0.25, 0.3) is 0 Å². The number of carbonyl (C=O) groups excluding carboxylic acids is 6. The summed E-state index contributed by atoms with van der Waals surface area (Å²) >= 11 is 0. The number of hydrogen-bond acceptors (Lipinski definition) is 18. The molecule has 6 amide bonds. The second kappa shape index (κ2) is 58.8. The molecular formula is C86H143N7O21P2. The Balaban J connectivity index is 2.75. The lowest BCUT2D eigenvalue weighted by Gasteiger charge is -2.44. The standard InChI is InChI=1S/C86H143N7O21P2/c1-57(2)30-20-31-58(3)32-21-33-59(4)34-22-35-60(5)36-23-37-61(6)38-24-39-62(7)40-25-41-63(8)42-26-43-64(9)44-27-45-65(10)46-28-47-66(11)48-29-49-67(12)53-55-110-115(106,107)114-116(108,109)113-86-77(91-72(17)95)79(78(98)75(56-94)112-86)111-71(16)82(101)88-69(14)81(100)92-74(51-52-76(96)97)84(103)93-73(50-18-19-54-87)83(102)89-68(13)80(99)90-70(15)85(104)105/h30,32,34,36,38,40,42,44,46,48,53,68-71,73-75,77-79,86,94,98H,18-29,31,33,35,37,39,41,43,45,47,49-52,54-56,87H2,1-17H3,(H,88,101)(H,89,102)(H,90,99)(H,91,95)(H,92,100)(H,93,103)(H,96,97)(H,104,105)(H,106,107)(H,108,109). The van der Waals surface area contributed by atoms with E-state index >= 15 is 0 Å². The highest BCUT2D eigenvalue weighted by Crippen LogP contribution is 2.61. The third kappa shape index (κ3) is 50.0. The number of aliphatic carboxylic acids is 2. The Morgan fingerprint density at radius 2 is 0.793 bits per heavy atom. The van der Waals surface area contributed by atoms with Gasteiger partial charge in [-0.1, -0.05) is 128 Å². The second-order valence-electron chi connectivity index (χ2n) is 31.1. The highest BCUT2D eigenvalue weighted by Gasteiger charge is 2.51. The van der Waals surface area contributed by atoms with Gasteiger partial charge in [0.15, 0.2) is 6.29 Å². The number of phosphoric acid groups is 2. The third-order valence-corrected chi connectivity index (χ3v) is 22.1. The molecule has 1 aliphatic rings. The summed E-state index contributed by atoms with van der Waals surface area (Å²) in [4.78, 5) is 124. The number of phosphoric ester groups is 2. The molecule has 0 aromatic heterocycles. The maximum atomic E-state index is 13.7. The predicted molar refractivity (Wildman–Crippen MR) is 455 cm³/mol. The molecule has 658 valence electrons. The number of rotatable bonds is 59. The quantitative estimate of drug-likeness (QED) is 0.0153. The highest BCUT2D eigenvalue weighted by atomic mass is 31.3. The van der Waals surface area contributed by atoms with Gasteiger partial charge >= 0.3 is 27.6 Å². The number of carboxylic acids is 2. The van der Waals surface area contributed by atoms with Gasteiger partial charge in [-0.2, -0.15) is 4.31 Å². The van der Waals surface area contributed by atoms with Gasteiger partial charge in [0.1, 0.15) is 60.7 Å². The van der Waals surface area contributed by atoms with Crippen molar-refractivity contribution in [3.8, 4) is 0 Å². The number of aliphatic hydroxyl groups is 2. The summed E-state index contributed by atoms with van der Waals surface area (Å²) < 4.78 is 52.5. The van der Waals surface area contributed by atoms with Gasteiger partial charge in [-0.15, -0.1) is 0 Å². The summed E-state index contributed by atoms with van der Waals surface area (Å²) in [5.41, 5.74) is 20.6. The summed E-state index contributed by atoms with van der Waals surface area (Å²) in [6, 6.07) is -8.95. The van der Waals surface area contributed by atoms with Crippen molar-refractivity contribution in [2.24, 2.45) is 5.73 Å². The number of nitrogens with two attached hydrogens (primary N) is 1. The van der Waals surface area contributed by atoms with Crippen LogP contribution in [0, 0.1) is 0 Å². The molecule has 1 heterocycles. The molecule has 1 aliphatic heterocycles. The Kier molecular flexibility index (Phi) is 54.2. The number of hydrogen-bond donors (Lipinski definition) is 13. The van der Waals surface area contributed by atoms with Gasteiger partial charge in [0.05, 0.1) is 13.2 Å². The Morgan fingerprint density at radius 1 is 0.448 bits per heavy atom. The lowest BCUT2D eigenvalue weighted by molar-refractivity contribution is -0.261. The van der Waals surface area contributed by atoms with E-state index in [2.05, 4.69) is 173 Å². The fourth-order valence-corrected chi connectivity index (χ4v) is 14.2. The SMILES string of the molecule is CC(=O)NC1C(OP(=O)(O)OP(=O)(O)OCC=C(C)CCC=C(C)CCC=C(C)CCC=C(C)CCC=C(C)CCC=C(C)CCC=C(C)CCC=C(C)CCC=C(C)CCC=C(C)CCC=C(C)C)OC(CO)C(O)C1OC(C)C(=O)NC(C)C(=O)NC(CCC(=O)O)C(=O)NC(CCCCN)C(=O)NC(C)C(=O)NC(C)C(=O)O. The van der Waals surface area contributed by atoms with E-state index in [-0.39, 0.29) is 19.4 Å². The van der Waals surface area contributed by atoms with E-state index in [9.17, 15) is 77.7 Å². The predicted octanol–water partition coefficient (Wildman–Crippen LogP) is 14.4. The molecule has 14 N–H and O–H groups in total. The molecule has 30 heteroatoms. The van der Waals surface area contributed by atoms with Crippen molar-refractivity contribution in [3.05, 3.63) is 128 Å². The molecule has 13 unspecified atom stereocenters. The van der Waals surface area contributed by atoms with Gasteiger partial charge < -0.3 is 77.3 Å². The molecule has 0 aliphatic carbocycles. The van der Waals surface area contributed by atoms with Crippen LogP contribution < -0.4 is 37.6 Å². The first-order chi connectivity index (χ1) is 54.5. The summed E-state index contributed by atoms with van der Waals surface area (Å²) in [5, 5.41) is 54.2. The fraction of sp³-hybridized carbons (Fsp3) is 0.651. The zero-order valence-electron chi connectivity index (χ0n) is 72.3. The summed E-state index contributed by atoms with van der Waals surface area (Å²) in [6.07, 6.45) is 35.5. The number of unbranched alkanes of at least 4 members (excludes halogenated alkanes) is 1. The van der Waals surface area contributed by atoms with E-state index in [1.165, 1.54) is 82.6 Å². The van der Waals surface area contributed by atoms with Crippen molar-refractivity contribution < 1.29 is 101 Å². The van der Waals surface area contributed by atoms with Crippen LogP contribution >= 0.6 is 15.6 Å². The second-order valence-corrected chi connectivity index (χ2v) is 34.1. The molecule has 0 aromatic carbocycles. The number of ether oxygens (including phenoxy) is 2. The van der Waals surface area contributed by atoms with Crippen molar-refractivity contribution in [1.82, 2.24) is 31.9 Å². The first kappa shape index (κ1) is 107. The van der Waals surface area contributed by atoms with E-state index in [1.807, 2.05) is 0 Å². The molecule has 28 nitrogen and oxygen atoms in total. The molecule has 116 heavy (non-hydrogen) atoms. The summed E-state index contributed by atoms with van der Waals surface area (Å²) in [6.45, 7) is 30.5. The number of carboxylic acid groups (broad SMARTS) is 2. The molecule has 0 bridgehead atoms. The van der Waals surface area contributed by atoms with Crippen LogP contribution in [-0.4, -0.2) is 164 Å². The third-order valence-electron chi connectivity index (χ3n) is 19.5. The lowest BCUT2D eigenvalue weighted by Crippen LogP contribution is -2.66. The Bertz CT molecular complexity index is 3590. The first-order valence-electron chi connectivity index (χ1n) is 40.9. The minimum atomic E-state index is -5.75. The molecule has 0 saturated carbocycles. The van der Waals surface area contributed by atoms with E-state index in [0.717, 1.165) is 135 Å². The number of amides is 6. The highest BCUT2D eigenvalue weighted by molar-refractivity contribution is 7.61. The number of nitrogens with one attached hydrogen (secondary N) is 6. The van der Waals surface area contributed by atoms with Gasteiger partial charge in [0.25, 0.3) is 0 Å². The van der Waals surface area contributed by atoms with Gasteiger partial charge in [-0.3, -0.25) is 47.4 Å². The van der Waals surface area contributed by atoms with Crippen LogP contribution in [0.2, 0.25) is 0 Å². The van der Waals surface area contributed by atoms with Crippen LogP contribution in [0.3, 0.4) is 0 Å². The van der Waals surface area contributed by atoms with Gasteiger partial charge in [-0.25, -0.2) is 9.13 Å². The average Bonchev–Trinajstić information content (AvgIpc) is 0.784. The lowest BCUT2D eigenvalue weighted by atomic mass is 9.96. The largest absolute Gasteiger partial charge is 0.483 e. The minimum absolute atomic E-state index is 0.0354. The molecule has 1 fully saturated rings. The van der Waals surface area contributed by atoms with Crippen LogP contribution in [-0.2, 0) is 70.3 Å². The summed E-state index contributed by atoms with van der Waals surface area (Å²) in [7, 11) is -11.2. The van der Waals surface area contributed by atoms with Gasteiger partial charge in [-0.05, 0) is 271 Å².